The maximum atomic E-state index is 11.2. The predicted molar refractivity (Wildman–Crippen MR) is 55.7 cm³/mol. The molecule has 13 heavy (non-hydrogen) atoms. The second kappa shape index (κ2) is 3.98. The molecule has 0 saturated carbocycles. The Morgan fingerprint density at radius 1 is 1.62 bits per heavy atom. The van der Waals surface area contributed by atoms with Crippen molar-refractivity contribution in [2.24, 2.45) is 0 Å². The van der Waals surface area contributed by atoms with Crippen LogP contribution in [0.25, 0.3) is 0 Å². The summed E-state index contributed by atoms with van der Waals surface area (Å²) in [5.74, 6) is -0.284. The average molecular weight is 265 g/mol. The van der Waals surface area contributed by atoms with Gasteiger partial charge >= 0.3 is 0 Å². The minimum absolute atomic E-state index is 0.115. The number of hydrogen-bond acceptors (Lipinski definition) is 3. The number of alkyl halides is 1. The lowest BCUT2D eigenvalue weighted by molar-refractivity contribution is 0.102. The van der Waals surface area contributed by atoms with Gasteiger partial charge in [0.1, 0.15) is 5.75 Å². The van der Waals surface area contributed by atoms with Crippen LogP contribution in [0.15, 0.2) is 12.1 Å². The first-order valence-corrected chi connectivity index (χ1v) is 4.93. The minimum Gasteiger partial charge on any atom is -0.506 e. The standard InChI is InChI=1S/C8H7BrClNO2/c9-3-8(13)4-1-6(11)7(12)2-5(4)10/h1-2,12H,3,11H2. The molecule has 0 heterocycles. The molecule has 5 heteroatoms. The van der Waals surface area contributed by atoms with Crippen molar-refractivity contribution < 1.29 is 9.90 Å². The molecule has 0 unspecified atom stereocenters. The molecule has 0 fully saturated rings. The molecule has 1 aromatic carbocycles. The molecule has 0 aliphatic rings. The van der Waals surface area contributed by atoms with Crippen molar-refractivity contribution in [3.05, 3.63) is 22.7 Å². The summed E-state index contributed by atoms with van der Waals surface area (Å²) < 4.78 is 0. The number of hydrogen-bond donors (Lipinski definition) is 2. The minimum atomic E-state index is -0.170. The van der Waals surface area contributed by atoms with E-state index in [0.29, 0.717) is 5.56 Å². The fourth-order valence-corrected chi connectivity index (χ4v) is 1.43. The number of benzene rings is 1. The summed E-state index contributed by atoms with van der Waals surface area (Å²) in [6.07, 6.45) is 0. The van der Waals surface area contributed by atoms with Crippen molar-refractivity contribution in [3.63, 3.8) is 0 Å². The van der Waals surface area contributed by atoms with Gasteiger partial charge in [-0.3, -0.25) is 4.79 Å². The highest BCUT2D eigenvalue weighted by molar-refractivity contribution is 9.09. The first-order valence-electron chi connectivity index (χ1n) is 3.43. The molecule has 0 saturated heterocycles. The van der Waals surface area contributed by atoms with E-state index >= 15 is 0 Å². The Balaban J connectivity index is 3.23. The summed E-state index contributed by atoms with van der Waals surface area (Å²) >= 11 is 8.74. The number of phenols is 1. The van der Waals surface area contributed by atoms with Gasteiger partial charge in [-0.1, -0.05) is 27.5 Å². The van der Waals surface area contributed by atoms with Crippen molar-refractivity contribution in [2.45, 2.75) is 0 Å². The highest BCUT2D eigenvalue weighted by atomic mass is 79.9. The monoisotopic (exact) mass is 263 g/mol. The van der Waals surface area contributed by atoms with Crippen LogP contribution in [-0.4, -0.2) is 16.2 Å². The number of anilines is 1. The lowest BCUT2D eigenvalue weighted by atomic mass is 10.1. The van der Waals surface area contributed by atoms with Crippen molar-refractivity contribution in [1.82, 2.24) is 0 Å². The van der Waals surface area contributed by atoms with E-state index < -0.39 is 0 Å². The van der Waals surface area contributed by atoms with Gasteiger partial charge in [-0.15, -0.1) is 0 Å². The number of aromatic hydroxyl groups is 1. The molecule has 0 aliphatic carbocycles. The highest BCUT2D eigenvalue weighted by Gasteiger charge is 2.11. The van der Waals surface area contributed by atoms with Gasteiger partial charge in [-0.05, 0) is 6.07 Å². The van der Waals surface area contributed by atoms with Gasteiger partial charge in [-0.25, -0.2) is 0 Å². The van der Waals surface area contributed by atoms with Crippen molar-refractivity contribution in [1.29, 1.82) is 0 Å². The van der Waals surface area contributed by atoms with Gasteiger partial charge in [0.05, 0.1) is 16.0 Å². The zero-order chi connectivity index (χ0) is 10.0. The van der Waals surface area contributed by atoms with Crippen molar-refractivity contribution >= 4 is 39.0 Å². The number of rotatable bonds is 2. The molecule has 0 aromatic heterocycles. The number of halogens is 2. The first kappa shape index (κ1) is 10.3. The van der Waals surface area contributed by atoms with E-state index in [4.69, 9.17) is 22.4 Å². The van der Waals surface area contributed by atoms with Crippen LogP contribution in [0.5, 0.6) is 5.75 Å². The number of ketones is 1. The second-order valence-electron chi connectivity index (χ2n) is 2.45. The van der Waals surface area contributed by atoms with E-state index in [1.165, 1.54) is 12.1 Å². The topological polar surface area (TPSA) is 63.3 Å². The molecule has 0 radical (unpaired) electrons. The summed E-state index contributed by atoms with van der Waals surface area (Å²) in [6.45, 7) is 0. The van der Waals surface area contributed by atoms with Crippen LogP contribution in [0.1, 0.15) is 10.4 Å². The van der Waals surface area contributed by atoms with E-state index in [1.54, 1.807) is 0 Å². The lowest BCUT2D eigenvalue weighted by Crippen LogP contribution is -2.02. The molecule has 3 N–H and O–H groups in total. The van der Waals surface area contributed by atoms with Crippen LogP contribution in [0.2, 0.25) is 5.02 Å². The van der Waals surface area contributed by atoms with E-state index in [1.807, 2.05) is 0 Å². The van der Waals surface area contributed by atoms with Crippen molar-refractivity contribution in [2.75, 3.05) is 11.1 Å². The Kier molecular flexibility index (Phi) is 3.17. The van der Waals surface area contributed by atoms with E-state index in [-0.39, 0.29) is 27.6 Å². The molecule has 0 atom stereocenters. The number of nitrogens with two attached hydrogens (primary N) is 1. The number of nitrogen functional groups attached to an aromatic ring is 1. The van der Waals surface area contributed by atoms with Crippen LogP contribution < -0.4 is 5.73 Å². The molecule has 0 spiro atoms. The molecule has 0 bridgehead atoms. The van der Waals surface area contributed by atoms with E-state index in [2.05, 4.69) is 15.9 Å². The third-order valence-corrected chi connectivity index (χ3v) is 2.36. The smallest absolute Gasteiger partial charge is 0.174 e. The molecule has 0 amide bonds. The first-order chi connectivity index (χ1) is 6.06. The fraction of sp³-hybridized carbons (Fsp3) is 0.125. The molecule has 1 aromatic rings. The summed E-state index contributed by atoms with van der Waals surface area (Å²) in [5, 5.41) is 9.53. The SMILES string of the molecule is Nc1cc(C(=O)CBr)c(Cl)cc1O. The van der Waals surface area contributed by atoms with Gasteiger partial charge in [0.2, 0.25) is 0 Å². The second-order valence-corrected chi connectivity index (χ2v) is 3.42. The van der Waals surface area contributed by atoms with Crippen LogP contribution >= 0.6 is 27.5 Å². The quantitative estimate of drug-likeness (QED) is 0.372. The molecule has 70 valence electrons. The summed E-state index contributed by atoms with van der Waals surface area (Å²) in [4.78, 5) is 11.2. The Morgan fingerprint density at radius 2 is 2.23 bits per heavy atom. The summed E-state index contributed by atoms with van der Waals surface area (Å²) in [6, 6.07) is 2.62. The van der Waals surface area contributed by atoms with E-state index in [9.17, 15) is 4.79 Å². The number of carbonyl (C=O) groups excluding carboxylic acids is 1. The fourth-order valence-electron chi connectivity index (χ4n) is 0.865. The van der Waals surface area contributed by atoms with Gasteiger partial charge in [-0.2, -0.15) is 0 Å². The van der Waals surface area contributed by atoms with Crippen LogP contribution in [-0.2, 0) is 0 Å². The van der Waals surface area contributed by atoms with Crippen LogP contribution in [0, 0.1) is 0 Å². The van der Waals surface area contributed by atoms with Crippen LogP contribution in [0.3, 0.4) is 0 Å². The Hall–Kier alpha value is -0.740. The molecular weight excluding hydrogens is 257 g/mol. The van der Waals surface area contributed by atoms with Gasteiger partial charge in [0.25, 0.3) is 0 Å². The van der Waals surface area contributed by atoms with Gasteiger partial charge < -0.3 is 10.8 Å². The molecule has 3 nitrogen and oxygen atoms in total. The number of phenolic OH excluding ortho intramolecular Hbond substituents is 1. The largest absolute Gasteiger partial charge is 0.506 e. The predicted octanol–water partition coefficient (Wildman–Crippen LogP) is 2.21. The van der Waals surface area contributed by atoms with Crippen molar-refractivity contribution in [3.8, 4) is 5.75 Å². The Bertz CT molecular complexity index is 354. The zero-order valence-corrected chi connectivity index (χ0v) is 8.89. The third-order valence-electron chi connectivity index (χ3n) is 1.54. The van der Waals surface area contributed by atoms with E-state index in [0.717, 1.165) is 0 Å². The summed E-state index contributed by atoms with van der Waals surface area (Å²) in [5.41, 5.74) is 5.87. The van der Waals surface area contributed by atoms with Gasteiger partial charge in [0, 0.05) is 11.6 Å². The van der Waals surface area contributed by atoms with Crippen LogP contribution in [0.4, 0.5) is 5.69 Å². The maximum absolute atomic E-state index is 11.2. The normalized spacial score (nSPS) is 10.0. The summed E-state index contributed by atoms with van der Waals surface area (Å²) in [7, 11) is 0. The lowest BCUT2D eigenvalue weighted by Gasteiger charge is -2.04. The molecular formula is C8H7BrClNO2. The Morgan fingerprint density at radius 3 is 2.77 bits per heavy atom. The molecule has 1 rings (SSSR count). The third kappa shape index (κ3) is 2.14. The number of carbonyl (C=O) groups is 1. The zero-order valence-electron chi connectivity index (χ0n) is 6.55. The average Bonchev–Trinajstić information content (AvgIpc) is 2.10. The molecule has 0 aliphatic heterocycles. The highest BCUT2D eigenvalue weighted by Crippen LogP contribution is 2.28. The Labute approximate surface area is 88.6 Å². The maximum Gasteiger partial charge on any atom is 0.174 e. The number of Topliss-reactive ketones (excluding diaryl/α,β-unsaturated/α-hetero) is 1. The van der Waals surface area contributed by atoms with Gasteiger partial charge in [0.15, 0.2) is 5.78 Å².